The van der Waals surface area contributed by atoms with Crippen molar-refractivity contribution in [2.24, 2.45) is 0 Å². The highest BCUT2D eigenvalue weighted by Crippen LogP contribution is 2.11. The van der Waals surface area contributed by atoms with E-state index in [0.29, 0.717) is 0 Å². The van der Waals surface area contributed by atoms with Crippen LogP contribution in [0.5, 0.6) is 0 Å². The Morgan fingerprint density at radius 2 is 1.76 bits per heavy atom. The lowest BCUT2D eigenvalue weighted by Crippen LogP contribution is -2.18. The van der Waals surface area contributed by atoms with E-state index in [1.54, 1.807) is 24.5 Å². The molecule has 0 aliphatic carbocycles. The first kappa shape index (κ1) is 11.7. The predicted molar refractivity (Wildman–Crippen MR) is 65.9 cm³/mol. The van der Waals surface area contributed by atoms with Crippen LogP contribution in [0.3, 0.4) is 0 Å². The third-order valence-corrected chi connectivity index (χ3v) is 2.73. The standard InChI is InChI=1S/C14H15FN2/c1-11(13-6-8-16-9-7-13)17-10-12-2-4-14(15)5-3-12/h2-9,11,17H,10H2,1H3/t11-/m1/s1. The zero-order chi connectivity index (χ0) is 12.1. The molecule has 0 aliphatic rings. The van der Waals surface area contributed by atoms with E-state index in [9.17, 15) is 4.39 Å². The Kier molecular flexibility index (Phi) is 3.83. The minimum Gasteiger partial charge on any atom is -0.306 e. The lowest BCUT2D eigenvalue weighted by atomic mass is 10.1. The SMILES string of the molecule is C[C@@H](NCc1ccc(F)cc1)c1ccncc1. The first-order valence-corrected chi connectivity index (χ1v) is 5.63. The first-order chi connectivity index (χ1) is 8.25. The number of hydrogen-bond donors (Lipinski definition) is 1. The summed E-state index contributed by atoms with van der Waals surface area (Å²) in [7, 11) is 0. The Hall–Kier alpha value is -1.74. The van der Waals surface area contributed by atoms with Gasteiger partial charge in [-0.2, -0.15) is 0 Å². The third-order valence-electron chi connectivity index (χ3n) is 2.73. The molecule has 0 amide bonds. The van der Waals surface area contributed by atoms with E-state index in [4.69, 9.17) is 0 Å². The van der Waals surface area contributed by atoms with Gasteiger partial charge < -0.3 is 5.32 Å². The zero-order valence-electron chi connectivity index (χ0n) is 9.73. The molecule has 1 aromatic heterocycles. The van der Waals surface area contributed by atoms with Crippen LogP contribution in [-0.2, 0) is 6.54 Å². The van der Waals surface area contributed by atoms with E-state index in [0.717, 1.165) is 12.1 Å². The van der Waals surface area contributed by atoms with Gasteiger partial charge in [-0.25, -0.2) is 4.39 Å². The van der Waals surface area contributed by atoms with Gasteiger partial charge in [-0.1, -0.05) is 12.1 Å². The summed E-state index contributed by atoms with van der Waals surface area (Å²) < 4.78 is 12.7. The van der Waals surface area contributed by atoms with Gasteiger partial charge >= 0.3 is 0 Å². The summed E-state index contributed by atoms with van der Waals surface area (Å²) in [4.78, 5) is 3.99. The maximum atomic E-state index is 12.7. The van der Waals surface area contributed by atoms with Gasteiger partial charge in [0, 0.05) is 25.0 Å². The van der Waals surface area contributed by atoms with Crippen LogP contribution in [0.1, 0.15) is 24.1 Å². The van der Waals surface area contributed by atoms with Crippen LogP contribution in [-0.4, -0.2) is 4.98 Å². The molecule has 1 atom stereocenters. The topological polar surface area (TPSA) is 24.9 Å². The Labute approximate surface area is 101 Å². The molecule has 2 nitrogen and oxygen atoms in total. The van der Waals surface area contributed by atoms with E-state index >= 15 is 0 Å². The fourth-order valence-corrected chi connectivity index (χ4v) is 1.64. The molecule has 0 unspecified atom stereocenters. The molecule has 1 heterocycles. The van der Waals surface area contributed by atoms with E-state index in [-0.39, 0.29) is 11.9 Å². The number of pyridine rings is 1. The van der Waals surface area contributed by atoms with Crippen molar-refractivity contribution in [1.29, 1.82) is 0 Å². The lowest BCUT2D eigenvalue weighted by molar-refractivity contribution is 0.572. The maximum Gasteiger partial charge on any atom is 0.123 e. The highest BCUT2D eigenvalue weighted by molar-refractivity contribution is 5.17. The van der Waals surface area contributed by atoms with Gasteiger partial charge in [0.15, 0.2) is 0 Å². The molecule has 0 saturated heterocycles. The molecule has 2 rings (SSSR count). The fourth-order valence-electron chi connectivity index (χ4n) is 1.64. The van der Waals surface area contributed by atoms with Crippen LogP contribution in [0, 0.1) is 5.82 Å². The van der Waals surface area contributed by atoms with Crippen molar-refractivity contribution in [2.45, 2.75) is 19.5 Å². The number of rotatable bonds is 4. The van der Waals surface area contributed by atoms with Gasteiger partial charge in [-0.05, 0) is 42.3 Å². The van der Waals surface area contributed by atoms with E-state index in [1.165, 1.54) is 17.7 Å². The van der Waals surface area contributed by atoms with Crippen LogP contribution in [0.25, 0.3) is 0 Å². The van der Waals surface area contributed by atoms with Crippen molar-refractivity contribution in [3.63, 3.8) is 0 Å². The average molecular weight is 230 g/mol. The molecule has 3 heteroatoms. The van der Waals surface area contributed by atoms with Gasteiger partial charge in [0.1, 0.15) is 5.82 Å². The molecular weight excluding hydrogens is 215 g/mol. The van der Waals surface area contributed by atoms with Crippen LogP contribution >= 0.6 is 0 Å². The number of benzene rings is 1. The van der Waals surface area contributed by atoms with Crippen molar-refractivity contribution < 1.29 is 4.39 Å². The normalized spacial score (nSPS) is 12.4. The quantitative estimate of drug-likeness (QED) is 0.873. The Bertz CT molecular complexity index is 453. The molecule has 0 radical (unpaired) electrons. The Morgan fingerprint density at radius 3 is 2.41 bits per heavy atom. The van der Waals surface area contributed by atoms with Gasteiger partial charge in [0.25, 0.3) is 0 Å². The van der Waals surface area contributed by atoms with Crippen molar-refractivity contribution in [2.75, 3.05) is 0 Å². The Morgan fingerprint density at radius 1 is 1.12 bits per heavy atom. The molecular formula is C14H15FN2. The molecule has 88 valence electrons. The summed E-state index contributed by atoms with van der Waals surface area (Å²) in [6, 6.07) is 10.8. The van der Waals surface area contributed by atoms with E-state index in [1.807, 2.05) is 12.1 Å². The molecule has 0 fully saturated rings. The number of aromatic nitrogens is 1. The van der Waals surface area contributed by atoms with Gasteiger partial charge in [0.05, 0.1) is 0 Å². The summed E-state index contributed by atoms with van der Waals surface area (Å²) in [6.45, 7) is 2.82. The number of nitrogens with zero attached hydrogens (tertiary/aromatic N) is 1. The van der Waals surface area contributed by atoms with Crippen LogP contribution < -0.4 is 5.32 Å². The largest absolute Gasteiger partial charge is 0.306 e. The number of halogens is 1. The van der Waals surface area contributed by atoms with Crippen LogP contribution in [0.15, 0.2) is 48.8 Å². The lowest BCUT2D eigenvalue weighted by Gasteiger charge is -2.13. The average Bonchev–Trinajstić information content (AvgIpc) is 2.39. The number of hydrogen-bond acceptors (Lipinski definition) is 2. The van der Waals surface area contributed by atoms with E-state index in [2.05, 4.69) is 17.2 Å². The van der Waals surface area contributed by atoms with E-state index < -0.39 is 0 Å². The molecule has 0 aliphatic heterocycles. The minimum atomic E-state index is -0.198. The summed E-state index contributed by atoms with van der Waals surface area (Å²) in [6.07, 6.45) is 3.57. The highest BCUT2D eigenvalue weighted by Gasteiger charge is 2.03. The molecule has 0 saturated carbocycles. The predicted octanol–water partition coefficient (Wildman–Crippen LogP) is 3.07. The maximum absolute atomic E-state index is 12.7. The fraction of sp³-hybridized carbons (Fsp3) is 0.214. The summed E-state index contributed by atoms with van der Waals surface area (Å²) in [5.41, 5.74) is 2.27. The molecule has 0 bridgehead atoms. The molecule has 0 spiro atoms. The second-order valence-electron chi connectivity index (χ2n) is 4.01. The molecule has 1 N–H and O–H groups in total. The third kappa shape index (κ3) is 3.36. The second-order valence-corrected chi connectivity index (χ2v) is 4.01. The van der Waals surface area contributed by atoms with Crippen molar-refractivity contribution in [3.8, 4) is 0 Å². The van der Waals surface area contributed by atoms with Crippen molar-refractivity contribution in [3.05, 3.63) is 65.7 Å². The number of nitrogens with one attached hydrogen (secondary N) is 1. The van der Waals surface area contributed by atoms with Gasteiger partial charge in [-0.15, -0.1) is 0 Å². The van der Waals surface area contributed by atoms with Gasteiger partial charge in [-0.3, -0.25) is 4.98 Å². The minimum absolute atomic E-state index is 0.198. The Balaban J connectivity index is 1.92. The molecule has 17 heavy (non-hydrogen) atoms. The first-order valence-electron chi connectivity index (χ1n) is 5.63. The molecule has 2 aromatic rings. The summed E-state index contributed by atoms with van der Waals surface area (Å²) >= 11 is 0. The smallest absolute Gasteiger partial charge is 0.123 e. The second kappa shape index (κ2) is 5.55. The van der Waals surface area contributed by atoms with Gasteiger partial charge in [0.2, 0.25) is 0 Å². The molecule has 1 aromatic carbocycles. The van der Waals surface area contributed by atoms with Crippen LogP contribution in [0.4, 0.5) is 4.39 Å². The summed E-state index contributed by atoms with van der Waals surface area (Å²) in [5, 5.41) is 3.38. The van der Waals surface area contributed by atoms with Crippen LogP contribution in [0.2, 0.25) is 0 Å². The van der Waals surface area contributed by atoms with Crippen molar-refractivity contribution in [1.82, 2.24) is 10.3 Å². The monoisotopic (exact) mass is 230 g/mol. The summed E-state index contributed by atoms with van der Waals surface area (Å²) in [5.74, 6) is -0.198. The van der Waals surface area contributed by atoms with Crippen molar-refractivity contribution >= 4 is 0 Å². The zero-order valence-corrected chi connectivity index (χ0v) is 9.73. The highest BCUT2D eigenvalue weighted by atomic mass is 19.1.